The van der Waals surface area contributed by atoms with Gasteiger partial charge in [0.25, 0.3) is 5.91 Å². The van der Waals surface area contributed by atoms with Gasteiger partial charge < -0.3 is 5.32 Å². The van der Waals surface area contributed by atoms with E-state index >= 15 is 0 Å². The van der Waals surface area contributed by atoms with E-state index in [-0.39, 0.29) is 11.1 Å². The molecule has 7 heteroatoms. The monoisotopic (exact) mass is 350 g/mol. The second-order valence-corrected chi connectivity index (χ2v) is 6.04. The number of nitrogens with zero attached hydrogens (tertiary/aromatic N) is 1. The van der Waals surface area contributed by atoms with E-state index in [0.29, 0.717) is 14.9 Å². The molecular formula is C10H5BrCl2N2OS. The molecule has 3 nitrogen and oxygen atoms in total. The van der Waals surface area contributed by atoms with Gasteiger partial charge in [-0.15, -0.1) is 11.3 Å². The van der Waals surface area contributed by atoms with E-state index in [9.17, 15) is 4.79 Å². The molecule has 0 fully saturated rings. The summed E-state index contributed by atoms with van der Waals surface area (Å²) in [4.78, 5) is 16.3. The summed E-state index contributed by atoms with van der Waals surface area (Å²) in [6.07, 6.45) is 1.56. The first kappa shape index (κ1) is 12.8. The highest BCUT2D eigenvalue weighted by atomic mass is 79.9. The maximum absolute atomic E-state index is 11.8. The summed E-state index contributed by atoms with van der Waals surface area (Å²) in [5.74, 6) is -0.260. The average Bonchev–Trinajstić information content (AvgIpc) is 2.70. The fraction of sp³-hybridized carbons (Fsp3) is 0. The van der Waals surface area contributed by atoms with Gasteiger partial charge in [0.1, 0.15) is 0 Å². The molecular weight excluding hydrogens is 347 g/mol. The lowest BCUT2D eigenvalue weighted by Gasteiger charge is -2.05. The molecule has 1 N–H and O–H groups in total. The maximum Gasteiger partial charge on any atom is 0.265 e. The zero-order valence-corrected chi connectivity index (χ0v) is 12.1. The number of hydrogen-bond acceptors (Lipinski definition) is 3. The largest absolute Gasteiger partial charge is 0.319 e. The standard InChI is InChI=1S/C10H5BrCl2N2OS/c11-5-3-6(9(13)14-4-5)15-10(16)7-1-2-8(12)17-7/h1-4H,(H,15,16). The lowest BCUT2D eigenvalue weighted by atomic mass is 10.4. The van der Waals surface area contributed by atoms with Gasteiger partial charge in [-0.3, -0.25) is 4.79 Å². The van der Waals surface area contributed by atoms with Gasteiger partial charge in [-0.05, 0) is 34.1 Å². The van der Waals surface area contributed by atoms with Crippen molar-refractivity contribution < 1.29 is 4.79 Å². The highest BCUT2D eigenvalue weighted by Crippen LogP contribution is 2.26. The SMILES string of the molecule is O=C(Nc1cc(Br)cnc1Cl)c1ccc(Cl)s1. The molecule has 0 aliphatic rings. The van der Waals surface area contributed by atoms with Crippen molar-refractivity contribution in [1.82, 2.24) is 4.98 Å². The molecule has 2 heterocycles. The second kappa shape index (κ2) is 5.35. The molecule has 2 rings (SSSR count). The van der Waals surface area contributed by atoms with Crippen molar-refractivity contribution in [1.29, 1.82) is 0 Å². The first-order valence-electron chi connectivity index (χ1n) is 4.44. The van der Waals surface area contributed by atoms with Crippen molar-refractivity contribution in [2.45, 2.75) is 0 Å². The van der Waals surface area contributed by atoms with Gasteiger partial charge in [0.2, 0.25) is 0 Å². The van der Waals surface area contributed by atoms with Crippen LogP contribution in [0.5, 0.6) is 0 Å². The van der Waals surface area contributed by atoms with E-state index in [1.54, 1.807) is 24.4 Å². The van der Waals surface area contributed by atoms with Gasteiger partial charge in [-0.2, -0.15) is 0 Å². The summed E-state index contributed by atoms with van der Waals surface area (Å²) in [5.41, 5.74) is 0.454. The highest BCUT2D eigenvalue weighted by Gasteiger charge is 2.11. The number of halogens is 3. The molecule has 0 aliphatic carbocycles. The normalized spacial score (nSPS) is 10.3. The van der Waals surface area contributed by atoms with Gasteiger partial charge >= 0.3 is 0 Å². The number of anilines is 1. The van der Waals surface area contributed by atoms with Crippen molar-refractivity contribution in [3.63, 3.8) is 0 Å². The minimum Gasteiger partial charge on any atom is -0.319 e. The Morgan fingerprint density at radius 3 is 2.82 bits per heavy atom. The number of aromatic nitrogens is 1. The van der Waals surface area contributed by atoms with Crippen molar-refractivity contribution in [2.24, 2.45) is 0 Å². The topological polar surface area (TPSA) is 42.0 Å². The van der Waals surface area contributed by atoms with E-state index in [1.807, 2.05) is 0 Å². The van der Waals surface area contributed by atoms with Crippen LogP contribution in [0.1, 0.15) is 9.67 Å². The number of rotatable bonds is 2. The van der Waals surface area contributed by atoms with Crippen molar-refractivity contribution in [2.75, 3.05) is 5.32 Å². The molecule has 0 spiro atoms. The van der Waals surface area contributed by atoms with Crippen LogP contribution in [0.15, 0.2) is 28.9 Å². The number of amides is 1. The quantitative estimate of drug-likeness (QED) is 0.811. The summed E-state index contributed by atoms with van der Waals surface area (Å²) in [6, 6.07) is 5.01. The molecule has 0 atom stereocenters. The van der Waals surface area contributed by atoms with E-state index in [4.69, 9.17) is 23.2 Å². The summed E-state index contributed by atoms with van der Waals surface area (Å²) in [5, 5.41) is 2.91. The number of hydrogen-bond donors (Lipinski definition) is 1. The molecule has 0 aromatic carbocycles. The van der Waals surface area contributed by atoms with Crippen LogP contribution in [0.2, 0.25) is 9.49 Å². The van der Waals surface area contributed by atoms with E-state index in [0.717, 1.165) is 4.47 Å². The second-order valence-electron chi connectivity index (χ2n) is 3.05. The molecule has 88 valence electrons. The minimum atomic E-state index is -0.260. The third kappa shape index (κ3) is 3.19. The first-order valence-corrected chi connectivity index (χ1v) is 6.80. The average molecular weight is 352 g/mol. The number of carbonyl (C=O) groups is 1. The molecule has 1 amide bonds. The Kier molecular flexibility index (Phi) is 4.04. The molecule has 2 aromatic rings. The molecule has 0 radical (unpaired) electrons. The van der Waals surface area contributed by atoms with Gasteiger partial charge in [-0.1, -0.05) is 23.2 Å². The zero-order chi connectivity index (χ0) is 12.4. The fourth-order valence-electron chi connectivity index (χ4n) is 1.13. The molecule has 0 unspecified atom stereocenters. The zero-order valence-electron chi connectivity index (χ0n) is 8.21. The van der Waals surface area contributed by atoms with Gasteiger partial charge in [0.15, 0.2) is 5.15 Å². The Morgan fingerprint density at radius 1 is 1.41 bits per heavy atom. The lowest BCUT2D eigenvalue weighted by Crippen LogP contribution is -2.10. The van der Waals surface area contributed by atoms with Gasteiger partial charge in [0.05, 0.1) is 14.9 Å². The summed E-state index contributed by atoms with van der Waals surface area (Å²) >= 11 is 16.1. The van der Waals surface area contributed by atoms with Crippen LogP contribution in [-0.2, 0) is 0 Å². The molecule has 0 saturated carbocycles. The van der Waals surface area contributed by atoms with Crippen molar-refractivity contribution in [3.8, 4) is 0 Å². The van der Waals surface area contributed by atoms with Crippen LogP contribution in [0.3, 0.4) is 0 Å². The number of nitrogens with one attached hydrogen (secondary N) is 1. The van der Waals surface area contributed by atoms with Crippen LogP contribution in [0.25, 0.3) is 0 Å². The lowest BCUT2D eigenvalue weighted by molar-refractivity contribution is 0.103. The third-order valence-electron chi connectivity index (χ3n) is 1.85. The van der Waals surface area contributed by atoms with Crippen molar-refractivity contribution >= 4 is 62.1 Å². The smallest absolute Gasteiger partial charge is 0.265 e. The predicted molar refractivity (Wildman–Crippen MR) is 74.2 cm³/mol. The molecule has 0 saturated heterocycles. The van der Waals surface area contributed by atoms with Crippen LogP contribution < -0.4 is 5.32 Å². The maximum atomic E-state index is 11.8. The minimum absolute atomic E-state index is 0.240. The molecule has 0 bridgehead atoms. The predicted octanol–water partition coefficient (Wildman–Crippen LogP) is 4.46. The summed E-state index contributed by atoms with van der Waals surface area (Å²) in [7, 11) is 0. The summed E-state index contributed by atoms with van der Waals surface area (Å²) in [6.45, 7) is 0. The molecule has 2 aromatic heterocycles. The molecule has 0 aliphatic heterocycles. The number of pyridine rings is 1. The van der Waals surface area contributed by atoms with Crippen molar-refractivity contribution in [3.05, 3.63) is 43.2 Å². The van der Waals surface area contributed by atoms with Crippen LogP contribution in [0.4, 0.5) is 5.69 Å². The third-order valence-corrected chi connectivity index (χ3v) is 3.82. The first-order chi connectivity index (χ1) is 8.06. The Bertz CT molecular complexity index is 573. The van der Waals surface area contributed by atoms with E-state index in [1.165, 1.54) is 11.3 Å². The Hall–Kier alpha value is -0.620. The van der Waals surface area contributed by atoms with Crippen LogP contribution in [-0.4, -0.2) is 10.9 Å². The van der Waals surface area contributed by atoms with Crippen LogP contribution in [0, 0.1) is 0 Å². The number of thiophene rings is 1. The molecule has 17 heavy (non-hydrogen) atoms. The number of carbonyl (C=O) groups excluding carboxylic acids is 1. The highest BCUT2D eigenvalue weighted by molar-refractivity contribution is 9.10. The Labute approximate surface area is 120 Å². The van der Waals surface area contributed by atoms with Gasteiger partial charge in [-0.25, -0.2) is 4.98 Å². The van der Waals surface area contributed by atoms with E-state index in [2.05, 4.69) is 26.2 Å². The van der Waals surface area contributed by atoms with E-state index < -0.39 is 0 Å². The Morgan fingerprint density at radius 2 is 2.18 bits per heavy atom. The summed E-state index contributed by atoms with van der Waals surface area (Å²) < 4.78 is 1.30. The van der Waals surface area contributed by atoms with Gasteiger partial charge in [0, 0.05) is 10.7 Å². The fourth-order valence-corrected chi connectivity index (χ4v) is 2.55. The Balaban J connectivity index is 2.21. The van der Waals surface area contributed by atoms with Crippen LogP contribution >= 0.6 is 50.5 Å².